The Morgan fingerprint density at radius 1 is 0.952 bits per heavy atom. The lowest BCUT2D eigenvalue weighted by atomic mass is 10.2. The van der Waals surface area contributed by atoms with E-state index in [2.05, 4.69) is 15.9 Å². The van der Waals surface area contributed by atoms with Crippen molar-refractivity contribution in [2.75, 3.05) is 14.2 Å². The average Bonchev–Trinajstić information content (AvgIpc) is 2.52. The standard InChI is InChI=1S/C16H17BrO4/c1-19-14-6-4-13(17)8-12(14)10-21-16-7-11(9-18)3-5-15(16)20-2/h3-8,18H,9-10H2,1-2H3. The van der Waals surface area contributed by atoms with Crippen LogP contribution >= 0.6 is 15.9 Å². The Balaban J connectivity index is 2.21. The topological polar surface area (TPSA) is 47.9 Å². The van der Waals surface area contributed by atoms with Gasteiger partial charge in [-0.25, -0.2) is 0 Å². The highest BCUT2D eigenvalue weighted by atomic mass is 79.9. The summed E-state index contributed by atoms with van der Waals surface area (Å²) >= 11 is 3.43. The highest BCUT2D eigenvalue weighted by Crippen LogP contribution is 2.30. The molecule has 0 amide bonds. The Labute approximate surface area is 132 Å². The molecule has 0 spiro atoms. The van der Waals surface area contributed by atoms with E-state index in [-0.39, 0.29) is 6.61 Å². The van der Waals surface area contributed by atoms with Crippen LogP contribution in [-0.2, 0) is 13.2 Å². The zero-order chi connectivity index (χ0) is 15.2. The zero-order valence-corrected chi connectivity index (χ0v) is 13.5. The maximum Gasteiger partial charge on any atom is 0.162 e. The molecule has 0 aliphatic rings. The number of hydrogen-bond acceptors (Lipinski definition) is 4. The third-order valence-corrected chi connectivity index (χ3v) is 3.53. The third kappa shape index (κ3) is 3.89. The molecule has 0 saturated carbocycles. The Hall–Kier alpha value is -1.72. The van der Waals surface area contributed by atoms with Crippen molar-refractivity contribution in [1.82, 2.24) is 0 Å². The molecule has 4 nitrogen and oxygen atoms in total. The van der Waals surface area contributed by atoms with Crippen molar-refractivity contribution in [2.45, 2.75) is 13.2 Å². The summed E-state index contributed by atoms with van der Waals surface area (Å²) in [6.45, 7) is 0.300. The van der Waals surface area contributed by atoms with Crippen LogP contribution in [0.4, 0.5) is 0 Å². The van der Waals surface area contributed by atoms with Gasteiger partial charge in [0.15, 0.2) is 11.5 Å². The maximum atomic E-state index is 9.21. The van der Waals surface area contributed by atoms with Crippen molar-refractivity contribution < 1.29 is 19.3 Å². The summed E-state index contributed by atoms with van der Waals surface area (Å²) in [5.41, 5.74) is 1.69. The smallest absolute Gasteiger partial charge is 0.162 e. The molecule has 0 heterocycles. The van der Waals surface area contributed by atoms with Crippen molar-refractivity contribution in [3.05, 3.63) is 52.0 Å². The van der Waals surface area contributed by atoms with Crippen LogP contribution in [0.2, 0.25) is 0 Å². The third-order valence-electron chi connectivity index (χ3n) is 3.04. The molecule has 0 aliphatic heterocycles. The molecule has 1 N–H and O–H groups in total. The fourth-order valence-electron chi connectivity index (χ4n) is 1.95. The van der Waals surface area contributed by atoms with Gasteiger partial charge in [-0.2, -0.15) is 0 Å². The van der Waals surface area contributed by atoms with Crippen LogP contribution in [0.3, 0.4) is 0 Å². The summed E-state index contributed by atoms with van der Waals surface area (Å²) in [6.07, 6.45) is 0. The van der Waals surface area contributed by atoms with Gasteiger partial charge in [0.05, 0.1) is 20.8 Å². The van der Waals surface area contributed by atoms with Gasteiger partial charge < -0.3 is 19.3 Å². The number of aliphatic hydroxyl groups is 1. The van der Waals surface area contributed by atoms with Crippen LogP contribution in [-0.4, -0.2) is 19.3 Å². The van der Waals surface area contributed by atoms with Crippen molar-refractivity contribution in [1.29, 1.82) is 0 Å². The van der Waals surface area contributed by atoms with E-state index in [4.69, 9.17) is 14.2 Å². The first-order valence-electron chi connectivity index (χ1n) is 6.41. The highest BCUT2D eigenvalue weighted by Gasteiger charge is 2.09. The van der Waals surface area contributed by atoms with Crippen molar-refractivity contribution in [3.8, 4) is 17.2 Å². The van der Waals surface area contributed by atoms with Crippen molar-refractivity contribution in [2.24, 2.45) is 0 Å². The molecule has 0 fully saturated rings. The van der Waals surface area contributed by atoms with Gasteiger partial charge in [0.25, 0.3) is 0 Å². The minimum atomic E-state index is -0.0411. The lowest BCUT2D eigenvalue weighted by Gasteiger charge is -2.14. The Morgan fingerprint density at radius 3 is 2.33 bits per heavy atom. The van der Waals surface area contributed by atoms with Gasteiger partial charge in [-0.05, 0) is 35.9 Å². The molecular formula is C16H17BrO4. The summed E-state index contributed by atoms with van der Waals surface area (Å²) in [6, 6.07) is 11.1. The second-order valence-corrected chi connectivity index (χ2v) is 5.30. The number of rotatable bonds is 6. The molecule has 0 radical (unpaired) electrons. The van der Waals surface area contributed by atoms with E-state index in [0.29, 0.717) is 18.1 Å². The van der Waals surface area contributed by atoms with Gasteiger partial charge >= 0.3 is 0 Å². The van der Waals surface area contributed by atoms with E-state index in [1.807, 2.05) is 18.2 Å². The largest absolute Gasteiger partial charge is 0.496 e. The summed E-state index contributed by atoms with van der Waals surface area (Å²) in [4.78, 5) is 0. The molecule has 0 aromatic heterocycles. The summed E-state index contributed by atoms with van der Waals surface area (Å²) in [7, 11) is 3.21. The predicted molar refractivity (Wildman–Crippen MR) is 83.9 cm³/mol. The highest BCUT2D eigenvalue weighted by molar-refractivity contribution is 9.10. The number of methoxy groups -OCH3 is 2. The molecule has 21 heavy (non-hydrogen) atoms. The second-order valence-electron chi connectivity index (χ2n) is 4.39. The van der Waals surface area contributed by atoms with Gasteiger partial charge in [-0.15, -0.1) is 0 Å². The molecule has 112 valence electrons. The number of ether oxygens (including phenoxy) is 3. The Bertz CT molecular complexity index is 613. The van der Waals surface area contributed by atoms with Gasteiger partial charge in [0.1, 0.15) is 12.4 Å². The van der Waals surface area contributed by atoms with Crippen LogP contribution in [0.25, 0.3) is 0 Å². The van der Waals surface area contributed by atoms with E-state index in [9.17, 15) is 5.11 Å². The number of aliphatic hydroxyl groups excluding tert-OH is 1. The Morgan fingerprint density at radius 2 is 1.67 bits per heavy atom. The quantitative estimate of drug-likeness (QED) is 0.863. The Kier molecular flexibility index (Phi) is 5.47. The van der Waals surface area contributed by atoms with Crippen LogP contribution in [0.1, 0.15) is 11.1 Å². The molecule has 2 aromatic carbocycles. The fraction of sp³-hybridized carbons (Fsp3) is 0.250. The molecule has 0 unspecified atom stereocenters. The minimum absolute atomic E-state index is 0.0411. The van der Waals surface area contributed by atoms with E-state index >= 15 is 0 Å². The van der Waals surface area contributed by atoms with Crippen molar-refractivity contribution in [3.63, 3.8) is 0 Å². The van der Waals surface area contributed by atoms with E-state index < -0.39 is 0 Å². The normalized spacial score (nSPS) is 10.3. The number of benzene rings is 2. The monoisotopic (exact) mass is 352 g/mol. The number of hydrogen-bond donors (Lipinski definition) is 1. The first-order chi connectivity index (χ1) is 10.2. The van der Waals surface area contributed by atoms with Crippen LogP contribution in [0.15, 0.2) is 40.9 Å². The van der Waals surface area contributed by atoms with Gasteiger partial charge in [-0.3, -0.25) is 0 Å². The van der Waals surface area contributed by atoms with E-state index in [1.165, 1.54) is 0 Å². The zero-order valence-electron chi connectivity index (χ0n) is 11.9. The van der Waals surface area contributed by atoms with Crippen LogP contribution in [0, 0.1) is 0 Å². The van der Waals surface area contributed by atoms with Crippen LogP contribution in [0.5, 0.6) is 17.2 Å². The maximum absolute atomic E-state index is 9.21. The SMILES string of the molecule is COc1ccc(Br)cc1COc1cc(CO)ccc1OC. The minimum Gasteiger partial charge on any atom is -0.496 e. The number of halogens is 1. The molecule has 0 atom stereocenters. The first-order valence-corrected chi connectivity index (χ1v) is 7.20. The second kappa shape index (κ2) is 7.33. The van der Waals surface area contributed by atoms with Crippen LogP contribution < -0.4 is 14.2 Å². The first kappa shape index (κ1) is 15.7. The molecule has 5 heteroatoms. The molecule has 2 aromatic rings. The summed E-state index contributed by atoms with van der Waals surface area (Å²) in [5.74, 6) is 1.97. The molecule has 0 aliphatic carbocycles. The molecule has 2 rings (SSSR count). The fourth-order valence-corrected chi connectivity index (χ4v) is 2.36. The van der Waals surface area contributed by atoms with E-state index in [1.54, 1.807) is 32.4 Å². The lowest BCUT2D eigenvalue weighted by molar-refractivity contribution is 0.268. The molecule has 0 bridgehead atoms. The average molecular weight is 353 g/mol. The van der Waals surface area contributed by atoms with Crippen molar-refractivity contribution >= 4 is 15.9 Å². The predicted octanol–water partition coefficient (Wildman–Crippen LogP) is 3.54. The summed E-state index contributed by atoms with van der Waals surface area (Å²) < 4.78 is 17.4. The molecular weight excluding hydrogens is 336 g/mol. The lowest BCUT2D eigenvalue weighted by Crippen LogP contribution is -2.01. The molecule has 0 saturated heterocycles. The van der Waals surface area contributed by atoms with Gasteiger partial charge in [0, 0.05) is 10.0 Å². The van der Waals surface area contributed by atoms with Gasteiger partial charge in [0.2, 0.25) is 0 Å². The summed E-state index contributed by atoms with van der Waals surface area (Å²) in [5, 5.41) is 9.21. The van der Waals surface area contributed by atoms with Gasteiger partial charge in [-0.1, -0.05) is 22.0 Å². The van der Waals surface area contributed by atoms with E-state index in [0.717, 1.165) is 21.3 Å².